The van der Waals surface area contributed by atoms with E-state index in [0.717, 1.165) is 48.1 Å². The summed E-state index contributed by atoms with van der Waals surface area (Å²) in [7, 11) is 0. The fourth-order valence-corrected chi connectivity index (χ4v) is 2.66. The number of benzene rings is 1. The molecule has 0 aromatic heterocycles. The second-order valence-corrected chi connectivity index (χ2v) is 5.15. The molecule has 1 aromatic carbocycles. The van der Waals surface area contributed by atoms with Gasteiger partial charge in [-0.15, -0.1) is 24.8 Å². The first kappa shape index (κ1) is 18.3. The Labute approximate surface area is 131 Å². The largest absolute Gasteiger partial charge is 0.327 e. The predicted octanol–water partition coefficient (Wildman–Crippen LogP) is 3.76. The van der Waals surface area contributed by atoms with E-state index < -0.39 is 0 Å². The van der Waals surface area contributed by atoms with Crippen LogP contribution in [0.2, 0.25) is 10.0 Å². The van der Waals surface area contributed by atoms with Crippen molar-refractivity contribution in [1.29, 1.82) is 0 Å². The quantitative estimate of drug-likeness (QED) is 0.894. The highest BCUT2D eigenvalue weighted by Gasteiger charge is 2.18. The molecule has 0 bridgehead atoms. The van der Waals surface area contributed by atoms with Crippen LogP contribution in [0.4, 0.5) is 0 Å². The van der Waals surface area contributed by atoms with E-state index in [0.29, 0.717) is 0 Å². The second-order valence-electron chi connectivity index (χ2n) is 4.34. The molecule has 1 aliphatic heterocycles. The molecule has 2 nitrogen and oxygen atoms in total. The Bertz CT molecular complexity index is 353. The SMILES string of the molecule is Cl.Cl.NC1CCCN(Cc2c(Cl)cccc2Cl)C1. The van der Waals surface area contributed by atoms with Gasteiger partial charge >= 0.3 is 0 Å². The van der Waals surface area contributed by atoms with Gasteiger partial charge in [0.05, 0.1) is 0 Å². The van der Waals surface area contributed by atoms with Crippen molar-refractivity contribution in [1.82, 2.24) is 4.90 Å². The molecule has 104 valence electrons. The fraction of sp³-hybridized carbons (Fsp3) is 0.500. The summed E-state index contributed by atoms with van der Waals surface area (Å²) in [6, 6.07) is 5.92. The third-order valence-electron chi connectivity index (χ3n) is 2.99. The molecule has 1 saturated heterocycles. The highest BCUT2D eigenvalue weighted by molar-refractivity contribution is 6.35. The van der Waals surface area contributed by atoms with Gasteiger partial charge in [0, 0.05) is 34.7 Å². The number of rotatable bonds is 2. The number of hydrogen-bond acceptors (Lipinski definition) is 2. The lowest BCUT2D eigenvalue weighted by Gasteiger charge is -2.31. The number of piperidine rings is 1. The maximum Gasteiger partial charge on any atom is 0.0465 e. The van der Waals surface area contributed by atoms with Gasteiger partial charge < -0.3 is 5.73 Å². The van der Waals surface area contributed by atoms with Gasteiger partial charge in [-0.25, -0.2) is 0 Å². The Hall–Kier alpha value is 0.300. The topological polar surface area (TPSA) is 29.3 Å². The standard InChI is InChI=1S/C12H16Cl2N2.2ClH/c13-11-4-1-5-12(14)10(11)8-16-6-2-3-9(15)7-16;;/h1,4-5,9H,2-3,6-8,15H2;2*1H. The van der Waals surface area contributed by atoms with Crippen molar-refractivity contribution in [3.05, 3.63) is 33.8 Å². The molecule has 0 amide bonds. The van der Waals surface area contributed by atoms with Crippen molar-refractivity contribution in [2.24, 2.45) is 5.73 Å². The molecular formula is C12H18Cl4N2. The summed E-state index contributed by atoms with van der Waals surface area (Å²) in [5.74, 6) is 0. The second kappa shape index (κ2) is 8.47. The summed E-state index contributed by atoms with van der Waals surface area (Å²) >= 11 is 12.3. The minimum Gasteiger partial charge on any atom is -0.327 e. The first-order valence-corrected chi connectivity index (χ1v) is 6.33. The van der Waals surface area contributed by atoms with Gasteiger partial charge in [0.15, 0.2) is 0 Å². The molecule has 2 N–H and O–H groups in total. The molecule has 1 aliphatic rings. The van der Waals surface area contributed by atoms with Crippen LogP contribution in [0.5, 0.6) is 0 Å². The lowest BCUT2D eigenvalue weighted by atomic mass is 10.1. The van der Waals surface area contributed by atoms with Crippen LogP contribution >= 0.6 is 48.0 Å². The summed E-state index contributed by atoms with van der Waals surface area (Å²) in [6.07, 6.45) is 2.27. The molecular weight excluding hydrogens is 314 g/mol. The predicted molar refractivity (Wildman–Crippen MR) is 83.4 cm³/mol. The molecule has 2 rings (SSSR count). The summed E-state index contributed by atoms with van der Waals surface area (Å²) in [4.78, 5) is 2.32. The van der Waals surface area contributed by atoms with Crippen LogP contribution in [0, 0.1) is 0 Å². The molecule has 6 heteroatoms. The average Bonchev–Trinajstić information content (AvgIpc) is 2.24. The van der Waals surface area contributed by atoms with Gasteiger partial charge in [0.2, 0.25) is 0 Å². The summed E-state index contributed by atoms with van der Waals surface area (Å²) in [5.41, 5.74) is 6.96. The van der Waals surface area contributed by atoms with Gasteiger partial charge in [-0.3, -0.25) is 4.90 Å². The zero-order valence-corrected chi connectivity index (χ0v) is 13.1. The van der Waals surface area contributed by atoms with Crippen LogP contribution in [-0.2, 0) is 6.54 Å². The van der Waals surface area contributed by atoms with Crippen LogP contribution < -0.4 is 5.73 Å². The summed E-state index contributed by atoms with van der Waals surface area (Å²) < 4.78 is 0. The smallest absolute Gasteiger partial charge is 0.0465 e. The third kappa shape index (κ3) is 4.76. The highest BCUT2D eigenvalue weighted by atomic mass is 35.5. The van der Waals surface area contributed by atoms with Gasteiger partial charge in [-0.05, 0) is 31.5 Å². The zero-order valence-electron chi connectivity index (χ0n) is 9.94. The van der Waals surface area contributed by atoms with Crippen LogP contribution in [0.1, 0.15) is 18.4 Å². The Balaban J connectivity index is 0.00000144. The highest BCUT2D eigenvalue weighted by Crippen LogP contribution is 2.26. The van der Waals surface area contributed by atoms with Crippen molar-refractivity contribution < 1.29 is 0 Å². The zero-order chi connectivity index (χ0) is 11.5. The molecule has 1 fully saturated rings. The van der Waals surface area contributed by atoms with E-state index in [1.807, 2.05) is 18.2 Å². The minimum atomic E-state index is 0. The number of likely N-dealkylation sites (tertiary alicyclic amines) is 1. The molecule has 0 aliphatic carbocycles. The Morgan fingerprint density at radius 1 is 1.22 bits per heavy atom. The van der Waals surface area contributed by atoms with E-state index in [9.17, 15) is 0 Å². The molecule has 18 heavy (non-hydrogen) atoms. The summed E-state index contributed by atoms with van der Waals surface area (Å²) in [6.45, 7) is 2.81. The number of hydrogen-bond donors (Lipinski definition) is 1. The molecule has 1 unspecified atom stereocenters. The normalized spacial score (nSPS) is 19.8. The maximum atomic E-state index is 6.14. The summed E-state index contributed by atoms with van der Waals surface area (Å²) in [5, 5.41) is 1.48. The molecule has 1 heterocycles. The van der Waals surface area contributed by atoms with Crippen molar-refractivity contribution >= 4 is 48.0 Å². The number of nitrogens with two attached hydrogens (primary N) is 1. The van der Waals surface area contributed by atoms with E-state index >= 15 is 0 Å². The maximum absolute atomic E-state index is 6.14. The van der Waals surface area contributed by atoms with Crippen LogP contribution in [0.15, 0.2) is 18.2 Å². The first-order chi connectivity index (χ1) is 7.66. The van der Waals surface area contributed by atoms with Crippen LogP contribution in [0.3, 0.4) is 0 Å². The lowest BCUT2D eigenvalue weighted by molar-refractivity contribution is 0.201. The average molecular weight is 332 g/mol. The van der Waals surface area contributed by atoms with E-state index in [1.165, 1.54) is 0 Å². The van der Waals surface area contributed by atoms with Crippen molar-refractivity contribution in [2.75, 3.05) is 13.1 Å². The minimum absolute atomic E-state index is 0. The van der Waals surface area contributed by atoms with E-state index in [-0.39, 0.29) is 30.9 Å². The number of halogens is 4. The fourth-order valence-electron chi connectivity index (χ4n) is 2.14. The van der Waals surface area contributed by atoms with Gasteiger partial charge in [-0.1, -0.05) is 29.3 Å². The van der Waals surface area contributed by atoms with Crippen molar-refractivity contribution in [2.45, 2.75) is 25.4 Å². The van der Waals surface area contributed by atoms with Crippen LogP contribution in [0.25, 0.3) is 0 Å². The Morgan fingerprint density at radius 3 is 2.39 bits per heavy atom. The Kier molecular flexibility index (Phi) is 8.61. The lowest BCUT2D eigenvalue weighted by Crippen LogP contribution is -2.42. The van der Waals surface area contributed by atoms with Gasteiger partial charge in [0.1, 0.15) is 0 Å². The van der Waals surface area contributed by atoms with Crippen molar-refractivity contribution in [3.8, 4) is 0 Å². The van der Waals surface area contributed by atoms with Gasteiger partial charge in [0.25, 0.3) is 0 Å². The van der Waals surface area contributed by atoms with E-state index in [2.05, 4.69) is 4.90 Å². The Morgan fingerprint density at radius 2 is 1.83 bits per heavy atom. The van der Waals surface area contributed by atoms with Crippen molar-refractivity contribution in [3.63, 3.8) is 0 Å². The number of nitrogens with zero attached hydrogens (tertiary/aromatic N) is 1. The van der Waals surface area contributed by atoms with Gasteiger partial charge in [-0.2, -0.15) is 0 Å². The molecule has 0 saturated carbocycles. The van der Waals surface area contributed by atoms with Crippen LogP contribution in [-0.4, -0.2) is 24.0 Å². The monoisotopic (exact) mass is 330 g/mol. The van der Waals surface area contributed by atoms with E-state index in [4.69, 9.17) is 28.9 Å². The first-order valence-electron chi connectivity index (χ1n) is 5.57. The molecule has 1 aromatic rings. The third-order valence-corrected chi connectivity index (χ3v) is 3.69. The molecule has 1 atom stereocenters. The van der Waals surface area contributed by atoms with E-state index in [1.54, 1.807) is 0 Å². The molecule has 0 spiro atoms. The molecule has 0 radical (unpaired) electrons.